The molecule has 0 spiro atoms. The van der Waals surface area contributed by atoms with Gasteiger partial charge in [-0.05, 0) is 24.5 Å². The highest BCUT2D eigenvalue weighted by Crippen LogP contribution is 2.33. The Kier molecular flexibility index (Phi) is 3.69. The van der Waals surface area contributed by atoms with E-state index in [1.807, 2.05) is 27.7 Å². The minimum atomic E-state index is -0.519. The standard InChI is InChI=1S/C14H18FN3S/c1-8-5-6-10(15)9(7-8)11(16)12-13(14(2,3)4)17-18-19-12/h5-7,11H,16H2,1-4H3. The van der Waals surface area contributed by atoms with Gasteiger partial charge in [0.15, 0.2) is 0 Å². The molecule has 0 amide bonds. The first-order valence-electron chi connectivity index (χ1n) is 6.15. The lowest BCUT2D eigenvalue weighted by Gasteiger charge is -2.20. The van der Waals surface area contributed by atoms with Crippen molar-refractivity contribution in [3.63, 3.8) is 0 Å². The second kappa shape index (κ2) is 4.98. The van der Waals surface area contributed by atoms with E-state index in [0.29, 0.717) is 5.56 Å². The van der Waals surface area contributed by atoms with Gasteiger partial charge >= 0.3 is 0 Å². The molecular formula is C14H18FN3S. The molecule has 1 atom stereocenters. The monoisotopic (exact) mass is 279 g/mol. The van der Waals surface area contributed by atoms with Crippen molar-refractivity contribution < 1.29 is 4.39 Å². The van der Waals surface area contributed by atoms with Crippen molar-refractivity contribution in [1.82, 2.24) is 9.59 Å². The number of hydrogen-bond donors (Lipinski definition) is 1. The molecular weight excluding hydrogens is 261 g/mol. The van der Waals surface area contributed by atoms with Gasteiger partial charge in [0, 0.05) is 11.0 Å². The van der Waals surface area contributed by atoms with E-state index in [9.17, 15) is 4.39 Å². The molecule has 0 fully saturated rings. The number of aromatic nitrogens is 2. The average molecular weight is 279 g/mol. The van der Waals surface area contributed by atoms with E-state index in [-0.39, 0.29) is 11.2 Å². The van der Waals surface area contributed by atoms with Crippen LogP contribution in [-0.4, -0.2) is 9.59 Å². The van der Waals surface area contributed by atoms with E-state index in [0.717, 1.165) is 16.1 Å². The Morgan fingerprint density at radius 2 is 2.00 bits per heavy atom. The first-order chi connectivity index (χ1) is 8.80. The van der Waals surface area contributed by atoms with Gasteiger partial charge < -0.3 is 5.73 Å². The van der Waals surface area contributed by atoms with Crippen molar-refractivity contribution in [1.29, 1.82) is 0 Å². The van der Waals surface area contributed by atoms with E-state index in [1.54, 1.807) is 12.1 Å². The lowest BCUT2D eigenvalue weighted by Crippen LogP contribution is -2.20. The molecule has 0 radical (unpaired) electrons. The molecule has 0 aliphatic carbocycles. The SMILES string of the molecule is Cc1ccc(F)c(C(N)c2snnc2C(C)(C)C)c1. The van der Waals surface area contributed by atoms with Crippen LogP contribution < -0.4 is 5.73 Å². The highest BCUT2D eigenvalue weighted by atomic mass is 32.1. The van der Waals surface area contributed by atoms with Gasteiger partial charge in [0.1, 0.15) is 5.82 Å². The van der Waals surface area contributed by atoms with Gasteiger partial charge in [-0.25, -0.2) is 4.39 Å². The number of hydrogen-bond acceptors (Lipinski definition) is 4. The van der Waals surface area contributed by atoms with Crippen molar-refractivity contribution >= 4 is 11.5 Å². The Balaban J connectivity index is 2.48. The predicted octanol–water partition coefficient (Wildman–Crippen LogP) is 3.33. The Labute approximate surface area is 116 Å². The molecule has 0 saturated carbocycles. The zero-order valence-corrected chi connectivity index (χ0v) is 12.4. The maximum atomic E-state index is 13.9. The molecule has 19 heavy (non-hydrogen) atoms. The van der Waals surface area contributed by atoms with Crippen LogP contribution in [0.2, 0.25) is 0 Å². The molecule has 1 aromatic heterocycles. The molecule has 2 N–H and O–H groups in total. The fourth-order valence-corrected chi connectivity index (χ4v) is 2.85. The molecule has 102 valence electrons. The smallest absolute Gasteiger partial charge is 0.128 e. The van der Waals surface area contributed by atoms with Gasteiger partial charge in [-0.15, -0.1) is 5.10 Å². The van der Waals surface area contributed by atoms with Gasteiger partial charge in [0.25, 0.3) is 0 Å². The molecule has 3 nitrogen and oxygen atoms in total. The molecule has 1 unspecified atom stereocenters. The molecule has 2 aromatic rings. The quantitative estimate of drug-likeness (QED) is 0.917. The maximum Gasteiger partial charge on any atom is 0.128 e. The summed E-state index contributed by atoms with van der Waals surface area (Å²) < 4.78 is 17.9. The van der Waals surface area contributed by atoms with Crippen LogP contribution in [0, 0.1) is 12.7 Å². The molecule has 2 rings (SSSR count). The summed E-state index contributed by atoms with van der Waals surface area (Å²) in [5.41, 5.74) is 8.39. The maximum absolute atomic E-state index is 13.9. The van der Waals surface area contributed by atoms with Gasteiger partial charge in [-0.2, -0.15) is 0 Å². The fourth-order valence-electron chi connectivity index (χ4n) is 1.96. The minimum Gasteiger partial charge on any atom is -0.319 e. The van der Waals surface area contributed by atoms with Crippen LogP contribution in [0.25, 0.3) is 0 Å². The third-order valence-electron chi connectivity index (χ3n) is 2.99. The summed E-state index contributed by atoms with van der Waals surface area (Å²) in [6, 6.07) is 4.46. The van der Waals surface area contributed by atoms with Crippen LogP contribution in [0.5, 0.6) is 0 Å². The highest BCUT2D eigenvalue weighted by Gasteiger charge is 2.27. The normalized spacial score (nSPS) is 13.6. The summed E-state index contributed by atoms with van der Waals surface area (Å²) in [5.74, 6) is -0.286. The van der Waals surface area contributed by atoms with Crippen LogP contribution in [0.15, 0.2) is 18.2 Å². The van der Waals surface area contributed by atoms with E-state index in [1.165, 1.54) is 17.6 Å². The number of benzene rings is 1. The summed E-state index contributed by atoms with van der Waals surface area (Å²) in [4.78, 5) is 0.831. The Bertz CT molecular complexity index is 587. The number of nitrogens with two attached hydrogens (primary N) is 1. The third kappa shape index (κ3) is 2.82. The Morgan fingerprint density at radius 3 is 2.63 bits per heavy atom. The van der Waals surface area contributed by atoms with Gasteiger partial charge in [0.05, 0.1) is 16.6 Å². The Morgan fingerprint density at radius 1 is 1.32 bits per heavy atom. The first kappa shape index (κ1) is 14.1. The van der Waals surface area contributed by atoms with Crippen molar-refractivity contribution in [2.75, 3.05) is 0 Å². The average Bonchev–Trinajstić information content (AvgIpc) is 2.80. The molecule has 0 aliphatic heterocycles. The van der Waals surface area contributed by atoms with Crippen LogP contribution >= 0.6 is 11.5 Å². The second-order valence-corrected chi connectivity index (χ2v) is 6.52. The van der Waals surface area contributed by atoms with E-state index >= 15 is 0 Å². The summed E-state index contributed by atoms with van der Waals surface area (Å²) >= 11 is 1.24. The Hall–Kier alpha value is -1.33. The minimum absolute atomic E-state index is 0.153. The number of rotatable bonds is 2. The molecule has 0 bridgehead atoms. The molecule has 0 aliphatic rings. The zero-order valence-electron chi connectivity index (χ0n) is 11.6. The third-order valence-corrected chi connectivity index (χ3v) is 3.80. The van der Waals surface area contributed by atoms with Crippen LogP contribution in [-0.2, 0) is 5.41 Å². The molecule has 0 saturated heterocycles. The van der Waals surface area contributed by atoms with Gasteiger partial charge in [0.2, 0.25) is 0 Å². The molecule has 1 heterocycles. The summed E-state index contributed by atoms with van der Waals surface area (Å²) in [6.45, 7) is 8.07. The summed E-state index contributed by atoms with van der Waals surface area (Å²) in [7, 11) is 0. The van der Waals surface area contributed by atoms with Gasteiger partial charge in [-0.1, -0.05) is 43.0 Å². The van der Waals surface area contributed by atoms with Crippen molar-refractivity contribution in [2.24, 2.45) is 5.73 Å². The van der Waals surface area contributed by atoms with Crippen molar-refractivity contribution in [2.45, 2.75) is 39.2 Å². The number of aryl methyl sites for hydroxylation is 1. The molecule has 5 heteroatoms. The summed E-state index contributed by atoms with van der Waals surface area (Å²) in [6.07, 6.45) is 0. The lowest BCUT2D eigenvalue weighted by molar-refractivity contribution is 0.552. The highest BCUT2D eigenvalue weighted by molar-refractivity contribution is 7.05. The van der Waals surface area contributed by atoms with Gasteiger partial charge in [-0.3, -0.25) is 0 Å². The summed E-state index contributed by atoms with van der Waals surface area (Å²) in [5, 5.41) is 4.15. The van der Waals surface area contributed by atoms with E-state index in [4.69, 9.17) is 5.73 Å². The number of nitrogens with zero attached hydrogens (tertiary/aromatic N) is 2. The van der Waals surface area contributed by atoms with E-state index < -0.39 is 6.04 Å². The molecule has 1 aromatic carbocycles. The topological polar surface area (TPSA) is 51.8 Å². The van der Waals surface area contributed by atoms with Crippen LogP contribution in [0.4, 0.5) is 4.39 Å². The largest absolute Gasteiger partial charge is 0.319 e. The second-order valence-electron chi connectivity index (χ2n) is 5.74. The van der Waals surface area contributed by atoms with Crippen molar-refractivity contribution in [3.8, 4) is 0 Å². The fraction of sp³-hybridized carbons (Fsp3) is 0.429. The first-order valence-corrected chi connectivity index (χ1v) is 6.92. The lowest BCUT2D eigenvalue weighted by atomic mass is 9.89. The number of halogens is 1. The van der Waals surface area contributed by atoms with E-state index in [2.05, 4.69) is 9.59 Å². The zero-order chi connectivity index (χ0) is 14.2. The van der Waals surface area contributed by atoms with Crippen LogP contribution in [0.1, 0.15) is 48.5 Å². The predicted molar refractivity (Wildman–Crippen MR) is 75.8 cm³/mol. The van der Waals surface area contributed by atoms with Crippen molar-refractivity contribution in [3.05, 3.63) is 45.7 Å². The van der Waals surface area contributed by atoms with Crippen LogP contribution in [0.3, 0.4) is 0 Å².